The van der Waals surface area contributed by atoms with Gasteiger partial charge in [-0.25, -0.2) is 4.79 Å². The van der Waals surface area contributed by atoms with E-state index in [0.29, 0.717) is 23.8 Å². The number of rotatable bonds is 10. The van der Waals surface area contributed by atoms with Crippen LogP contribution in [-0.4, -0.2) is 26.8 Å². The molecular weight excluding hydrogens is 282 g/mol. The summed E-state index contributed by atoms with van der Waals surface area (Å²) in [5, 5.41) is 0. The first-order chi connectivity index (χ1) is 10.6. The Kier molecular flexibility index (Phi) is 8.18. The van der Waals surface area contributed by atoms with Gasteiger partial charge in [-0.2, -0.15) is 0 Å². The molecule has 1 aromatic rings. The van der Waals surface area contributed by atoms with Gasteiger partial charge in [-0.15, -0.1) is 0 Å². The van der Waals surface area contributed by atoms with Gasteiger partial charge in [0.2, 0.25) is 0 Å². The zero-order chi connectivity index (χ0) is 16.4. The Morgan fingerprint density at radius 2 is 1.77 bits per heavy atom. The van der Waals surface area contributed by atoms with Crippen LogP contribution in [0, 0.1) is 0 Å². The molecule has 5 heteroatoms. The highest BCUT2D eigenvalue weighted by molar-refractivity contribution is 5.95. The number of nitrogens with two attached hydrogens (primary N) is 1. The molecule has 1 rings (SSSR count). The molecule has 0 fully saturated rings. The maximum absolute atomic E-state index is 11.8. The van der Waals surface area contributed by atoms with E-state index >= 15 is 0 Å². The lowest BCUT2D eigenvalue weighted by molar-refractivity contribution is 0.0596. The summed E-state index contributed by atoms with van der Waals surface area (Å²) in [7, 11) is 2.79. The number of ether oxygens (including phenoxy) is 3. The normalized spacial score (nSPS) is 10.3. The summed E-state index contributed by atoms with van der Waals surface area (Å²) in [5.41, 5.74) is 6.54. The van der Waals surface area contributed by atoms with Crippen molar-refractivity contribution in [2.24, 2.45) is 0 Å². The van der Waals surface area contributed by atoms with Gasteiger partial charge in [-0.3, -0.25) is 0 Å². The number of carbonyl (C=O) groups excluding carboxylic acids is 1. The molecule has 0 aromatic heterocycles. The minimum atomic E-state index is -0.492. The summed E-state index contributed by atoms with van der Waals surface area (Å²) >= 11 is 0. The number of hydrogen-bond acceptors (Lipinski definition) is 5. The lowest BCUT2D eigenvalue weighted by atomic mass is 10.1. The molecule has 0 aliphatic heterocycles. The summed E-state index contributed by atoms with van der Waals surface area (Å²) in [6.45, 7) is 2.81. The summed E-state index contributed by atoms with van der Waals surface area (Å²) in [6, 6.07) is 3.28. The van der Waals surface area contributed by atoms with Crippen molar-refractivity contribution in [1.82, 2.24) is 0 Å². The fourth-order valence-electron chi connectivity index (χ4n) is 2.27. The van der Waals surface area contributed by atoms with Crippen LogP contribution in [0.2, 0.25) is 0 Å². The van der Waals surface area contributed by atoms with Gasteiger partial charge >= 0.3 is 5.97 Å². The standard InChI is InChI=1S/C17H27NO4/c1-4-5-6-7-8-9-10-22-13-11-14(17(19)21-3)16(20-2)15(18)12-13/h11-12H,4-10,18H2,1-3H3. The number of unbranched alkanes of at least 4 members (excludes halogenated alkanes) is 5. The third-order valence-corrected chi connectivity index (χ3v) is 3.47. The Balaban J connectivity index is 2.57. The van der Waals surface area contributed by atoms with Crippen molar-refractivity contribution in [3.63, 3.8) is 0 Å². The van der Waals surface area contributed by atoms with Gasteiger partial charge in [0, 0.05) is 6.07 Å². The van der Waals surface area contributed by atoms with E-state index in [1.807, 2.05) is 0 Å². The Bertz CT molecular complexity index is 474. The Morgan fingerprint density at radius 1 is 1.09 bits per heavy atom. The summed E-state index contributed by atoms with van der Waals surface area (Å²) in [5.74, 6) is 0.389. The topological polar surface area (TPSA) is 70.8 Å². The van der Waals surface area contributed by atoms with Gasteiger partial charge in [-0.05, 0) is 12.5 Å². The number of hydrogen-bond donors (Lipinski definition) is 1. The van der Waals surface area contributed by atoms with Crippen molar-refractivity contribution in [2.75, 3.05) is 26.6 Å². The number of methoxy groups -OCH3 is 2. The van der Waals surface area contributed by atoms with E-state index in [4.69, 9.17) is 19.9 Å². The van der Waals surface area contributed by atoms with E-state index in [1.54, 1.807) is 12.1 Å². The smallest absolute Gasteiger partial charge is 0.341 e. The zero-order valence-corrected chi connectivity index (χ0v) is 13.8. The van der Waals surface area contributed by atoms with Gasteiger partial charge in [0.15, 0.2) is 5.75 Å². The van der Waals surface area contributed by atoms with Gasteiger partial charge in [0.1, 0.15) is 11.3 Å². The molecule has 0 saturated carbocycles. The quantitative estimate of drug-likeness (QED) is 0.404. The molecule has 0 atom stereocenters. The molecule has 0 saturated heterocycles. The van der Waals surface area contributed by atoms with Crippen LogP contribution in [0.15, 0.2) is 12.1 Å². The molecule has 0 amide bonds. The van der Waals surface area contributed by atoms with E-state index in [1.165, 1.54) is 39.9 Å². The summed E-state index contributed by atoms with van der Waals surface area (Å²) in [4.78, 5) is 11.8. The van der Waals surface area contributed by atoms with Crippen molar-refractivity contribution >= 4 is 11.7 Å². The van der Waals surface area contributed by atoms with E-state index in [9.17, 15) is 4.79 Å². The first-order valence-electron chi connectivity index (χ1n) is 7.82. The number of nitrogen functional groups attached to an aromatic ring is 1. The molecule has 22 heavy (non-hydrogen) atoms. The van der Waals surface area contributed by atoms with Crippen LogP contribution in [-0.2, 0) is 4.74 Å². The second kappa shape index (κ2) is 9.92. The Hall–Kier alpha value is -1.91. The fraction of sp³-hybridized carbons (Fsp3) is 0.588. The van der Waals surface area contributed by atoms with Crippen LogP contribution in [0.3, 0.4) is 0 Å². The zero-order valence-electron chi connectivity index (χ0n) is 13.8. The molecule has 0 spiro atoms. The van der Waals surface area contributed by atoms with Gasteiger partial charge in [0.05, 0.1) is 26.5 Å². The first kappa shape index (κ1) is 18.1. The molecule has 0 aliphatic carbocycles. The molecule has 0 radical (unpaired) electrons. The van der Waals surface area contributed by atoms with Crippen LogP contribution < -0.4 is 15.2 Å². The third kappa shape index (κ3) is 5.47. The molecule has 0 bridgehead atoms. The maximum Gasteiger partial charge on any atom is 0.341 e. The van der Waals surface area contributed by atoms with Crippen molar-refractivity contribution < 1.29 is 19.0 Å². The van der Waals surface area contributed by atoms with E-state index in [2.05, 4.69) is 6.92 Å². The van der Waals surface area contributed by atoms with Crippen LogP contribution in [0.25, 0.3) is 0 Å². The number of carbonyl (C=O) groups is 1. The van der Waals surface area contributed by atoms with Crippen molar-refractivity contribution in [3.8, 4) is 11.5 Å². The molecule has 0 heterocycles. The predicted octanol–water partition coefficient (Wildman–Crippen LogP) is 3.80. The predicted molar refractivity (Wildman–Crippen MR) is 87.6 cm³/mol. The van der Waals surface area contributed by atoms with E-state index in [-0.39, 0.29) is 5.56 Å². The van der Waals surface area contributed by atoms with Gasteiger partial charge in [0.25, 0.3) is 0 Å². The number of benzene rings is 1. The van der Waals surface area contributed by atoms with Gasteiger partial charge < -0.3 is 19.9 Å². The molecule has 2 N–H and O–H groups in total. The van der Waals surface area contributed by atoms with E-state index < -0.39 is 5.97 Å². The van der Waals surface area contributed by atoms with Crippen molar-refractivity contribution in [1.29, 1.82) is 0 Å². The molecule has 0 unspecified atom stereocenters. The second-order valence-electron chi connectivity index (χ2n) is 5.20. The minimum absolute atomic E-state index is 0.281. The highest BCUT2D eigenvalue weighted by Crippen LogP contribution is 2.32. The fourth-order valence-corrected chi connectivity index (χ4v) is 2.27. The highest BCUT2D eigenvalue weighted by Gasteiger charge is 2.17. The summed E-state index contributed by atoms with van der Waals surface area (Å²) in [6.07, 6.45) is 7.18. The monoisotopic (exact) mass is 309 g/mol. The van der Waals surface area contributed by atoms with Crippen LogP contribution in [0.5, 0.6) is 11.5 Å². The Labute approximate surface area is 132 Å². The second-order valence-corrected chi connectivity index (χ2v) is 5.20. The molecule has 124 valence electrons. The average Bonchev–Trinajstić information content (AvgIpc) is 2.52. The lowest BCUT2D eigenvalue weighted by Gasteiger charge is -2.13. The average molecular weight is 309 g/mol. The van der Waals surface area contributed by atoms with Gasteiger partial charge in [-0.1, -0.05) is 39.0 Å². The number of anilines is 1. The first-order valence-corrected chi connectivity index (χ1v) is 7.82. The SMILES string of the molecule is CCCCCCCCOc1cc(N)c(OC)c(C(=O)OC)c1. The molecular formula is C17H27NO4. The largest absolute Gasteiger partial charge is 0.494 e. The van der Waals surface area contributed by atoms with Crippen molar-refractivity contribution in [3.05, 3.63) is 17.7 Å². The lowest BCUT2D eigenvalue weighted by Crippen LogP contribution is -2.07. The molecule has 0 aliphatic rings. The third-order valence-electron chi connectivity index (χ3n) is 3.47. The van der Waals surface area contributed by atoms with Crippen molar-refractivity contribution in [2.45, 2.75) is 45.4 Å². The van der Waals surface area contributed by atoms with Crippen LogP contribution in [0.4, 0.5) is 5.69 Å². The number of esters is 1. The molecule has 1 aromatic carbocycles. The maximum atomic E-state index is 11.8. The highest BCUT2D eigenvalue weighted by atomic mass is 16.5. The summed E-state index contributed by atoms with van der Waals surface area (Å²) < 4.78 is 15.6. The van der Waals surface area contributed by atoms with Crippen LogP contribution in [0.1, 0.15) is 55.8 Å². The Morgan fingerprint density at radius 3 is 2.41 bits per heavy atom. The molecule has 5 nitrogen and oxygen atoms in total. The van der Waals surface area contributed by atoms with Crippen LogP contribution >= 0.6 is 0 Å². The minimum Gasteiger partial charge on any atom is -0.494 e. The van der Waals surface area contributed by atoms with E-state index in [0.717, 1.165) is 12.8 Å².